The molecule has 150 valence electrons. The number of rotatable bonds is 6. The Labute approximate surface area is 171 Å². The summed E-state index contributed by atoms with van der Waals surface area (Å²) in [5.41, 5.74) is 2.42. The number of thiophene rings is 1. The molecule has 2 N–H and O–H groups in total. The highest BCUT2D eigenvalue weighted by molar-refractivity contribution is 7.12. The number of nitroso groups, excluding NO2 is 1. The first kappa shape index (κ1) is 21.1. The molecule has 2 aromatic rings. The third-order valence-corrected chi connectivity index (χ3v) is 6.39. The van der Waals surface area contributed by atoms with Crippen LogP contribution in [0.25, 0.3) is 6.08 Å². The molecule has 5 nitrogen and oxygen atoms in total. The predicted octanol–water partition coefficient (Wildman–Crippen LogP) is 4.21. The number of aryl methyl sites for hydroxylation is 1. The molecule has 0 amide bonds. The number of ether oxygens (including phenoxy) is 1. The number of hydrogen-bond acceptors (Lipinski definition) is 6. The predicted molar refractivity (Wildman–Crippen MR) is 109 cm³/mol. The van der Waals surface area contributed by atoms with Crippen molar-refractivity contribution in [2.45, 2.75) is 43.9 Å². The summed E-state index contributed by atoms with van der Waals surface area (Å²) in [5, 5.41) is 23.0. The van der Waals surface area contributed by atoms with Crippen LogP contribution in [-0.2, 0) is 11.2 Å². The van der Waals surface area contributed by atoms with Crippen LogP contribution in [0.1, 0.15) is 32.5 Å². The average Bonchev–Trinajstić information content (AvgIpc) is 3.03. The molecule has 1 aliphatic rings. The molecule has 0 spiro atoms. The molecule has 1 aromatic heterocycles. The van der Waals surface area contributed by atoms with Crippen LogP contribution in [0.15, 0.2) is 36.0 Å². The van der Waals surface area contributed by atoms with E-state index in [1.165, 1.54) is 0 Å². The second-order valence-electron chi connectivity index (χ2n) is 6.76. The summed E-state index contributed by atoms with van der Waals surface area (Å²) in [6.45, 7) is 5.20. The van der Waals surface area contributed by atoms with E-state index in [2.05, 4.69) is 11.8 Å². The second-order valence-corrected chi connectivity index (χ2v) is 8.51. The van der Waals surface area contributed by atoms with Gasteiger partial charge in [0, 0.05) is 21.2 Å². The Bertz CT molecular complexity index is 874. The maximum atomic E-state index is 14.2. The van der Waals surface area contributed by atoms with Crippen molar-refractivity contribution in [2.24, 2.45) is 5.18 Å². The van der Waals surface area contributed by atoms with E-state index in [1.807, 2.05) is 13.0 Å². The lowest BCUT2D eigenvalue weighted by atomic mass is 9.89. The molecule has 1 aliphatic heterocycles. The maximum absolute atomic E-state index is 14.2. The van der Waals surface area contributed by atoms with Gasteiger partial charge in [0.2, 0.25) is 0 Å². The molecule has 0 saturated carbocycles. The molecule has 0 bridgehead atoms. The van der Waals surface area contributed by atoms with E-state index < -0.39 is 37.1 Å². The van der Waals surface area contributed by atoms with E-state index in [9.17, 15) is 19.5 Å². The summed E-state index contributed by atoms with van der Waals surface area (Å²) >= 11 is 7.99. The number of benzene rings is 1. The van der Waals surface area contributed by atoms with Crippen molar-refractivity contribution in [2.75, 3.05) is 6.61 Å². The van der Waals surface area contributed by atoms with Gasteiger partial charge in [-0.15, -0.1) is 11.3 Å². The monoisotopic (exact) mass is 425 g/mol. The molecule has 0 aliphatic carbocycles. The van der Waals surface area contributed by atoms with Crippen LogP contribution < -0.4 is 0 Å². The summed E-state index contributed by atoms with van der Waals surface area (Å²) in [4.78, 5) is 13.3. The largest absolute Gasteiger partial charge is 0.394 e. The van der Waals surface area contributed by atoms with Crippen LogP contribution in [0.5, 0.6) is 0 Å². The van der Waals surface area contributed by atoms with Crippen molar-refractivity contribution in [3.05, 3.63) is 67.2 Å². The number of aliphatic hydroxyl groups excluding tert-OH is 2. The van der Waals surface area contributed by atoms with Crippen LogP contribution in [0.3, 0.4) is 0 Å². The molecule has 8 heteroatoms. The lowest BCUT2D eigenvalue weighted by molar-refractivity contribution is -0.173. The molecule has 3 rings (SSSR count). The van der Waals surface area contributed by atoms with Gasteiger partial charge in [-0.3, -0.25) is 0 Å². The zero-order chi connectivity index (χ0) is 20.4. The minimum atomic E-state index is -1.87. The molecule has 1 saturated heterocycles. The molecule has 1 fully saturated rings. The van der Waals surface area contributed by atoms with Crippen LogP contribution in [0, 0.1) is 11.8 Å². The summed E-state index contributed by atoms with van der Waals surface area (Å²) in [6, 6.07) is 5.64. The van der Waals surface area contributed by atoms with Crippen LogP contribution in [0.4, 0.5) is 4.39 Å². The quantitative estimate of drug-likeness (QED) is 0.679. The van der Waals surface area contributed by atoms with Crippen molar-refractivity contribution in [1.82, 2.24) is 0 Å². The first-order valence-electron chi connectivity index (χ1n) is 8.80. The highest BCUT2D eigenvalue weighted by Crippen LogP contribution is 2.37. The highest BCUT2D eigenvalue weighted by atomic mass is 35.5. The van der Waals surface area contributed by atoms with Gasteiger partial charge < -0.3 is 14.9 Å². The SMILES string of the molecule is C=Cc1cc(Cc2cc(C3OC(CO)C(F)C(N=O)C3O)ccc2Cl)sc1C. The van der Waals surface area contributed by atoms with Crippen molar-refractivity contribution in [3.8, 4) is 0 Å². The molecule has 0 radical (unpaired) electrons. The fourth-order valence-corrected chi connectivity index (χ4v) is 4.67. The summed E-state index contributed by atoms with van der Waals surface area (Å²) in [7, 11) is 0. The van der Waals surface area contributed by atoms with Crippen molar-refractivity contribution >= 4 is 29.0 Å². The Kier molecular flexibility index (Phi) is 6.62. The molecular formula is C20H21ClFNO4S. The van der Waals surface area contributed by atoms with E-state index in [-0.39, 0.29) is 0 Å². The molecule has 28 heavy (non-hydrogen) atoms. The van der Waals surface area contributed by atoms with E-state index >= 15 is 0 Å². The van der Waals surface area contributed by atoms with Crippen molar-refractivity contribution in [1.29, 1.82) is 0 Å². The zero-order valence-electron chi connectivity index (χ0n) is 15.2. The fourth-order valence-electron chi connectivity index (χ4n) is 3.42. The Hall–Kier alpha value is -1.64. The smallest absolute Gasteiger partial charge is 0.157 e. The number of hydrogen-bond donors (Lipinski definition) is 2. The molecular weight excluding hydrogens is 405 g/mol. The van der Waals surface area contributed by atoms with E-state index in [1.54, 1.807) is 35.6 Å². The van der Waals surface area contributed by atoms with Gasteiger partial charge in [0.1, 0.15) is 18.3 Å². The number of halogens is 2. The molecule has 5 atom stereocenters. The summed E-state index contributed by atoms with van der Waals surface area (Å²) in [5.74, 6) is 0. The Morgan fingerprint density at radius 1 is 1.43 bits per heavy atom. The number of nitrogens with zero attached hydrogens (tertiary/aromatic N) is 1. The van der Waals surface area contributed by atoms with Gasteiger partial charge >= 0.3 is 0 Å². The highest BCUT2D eigenvalue weighted by Gasteiger charge is 2.47. The van der Waals surface area contributed by atoms with Crippen molar-refractivity contribution in [3.63, 3.8) is 0 Å². The van der Waals surface area contributed by atoms with Crippen LogP contribution in [-0.4, -0.2) is 41.2 Å². The van der Waals surface area contributed by atoms with E-state index in [0.29, 0.717) is 17.0 Å². The minimum Gasteiger partial charge on any atom is -0.394 e. The van der Waals surface area contributed by atoms with Crippen LogP contribution in [0.2, 0.25) is 5.02 Å². The summed E-state index contributed by atoms with van der Waals surface area (Å²) < 4.78 is 19.7. The standard InChI is InChI=1S/C20H21ClFNO4S/c1-3-11-7-14(28-10(11)2)8-13-6-12(4-5-15(13)21)20-19(25)18(23-26)17(22)16(9-24)27-20/h3-7,16-20,24-25H,1,8-9H2,2H3. The molecule has 1 aromatic carbocycles. The third-order valence-electron chi connectivity index (χ3n) is 4.95. The second kappa shape index (κ2) is 8.80. The summed E-state index contributed by atoms with van der Waals surface area (Å²) in [6.07, 6.45) is -3.18. The number of alkyl halides is 1. The third kappa shape index (κ3) is 4.04. The van der Waals surface area contributed by atoms with Gasteiger partial charge in [-0.05, 0) is 35.7 Å². The number of aliphatic hydroxyl groups is 2. The van der Waals surface area contributed by atoms with Gasteiger partial charge in [-0.2, -0.15) is 4.91 Å². The van der Waals surface area contributed by atoms with E-state index in [4.69, 9.17) is 16.3 Å². The Morgan fingerprint density at radius 3 is 2.79 bits per heavy atom. The van der Waals surface area contributed by atoms with Gasteiger partial charge in [0.05, 0.1) is 6.61 Å². The average molecular weight is 426 g/mol. The zero-order valence-corrected chi connectivity index (χ0v) is 16.8. The van der Waals surface area contributed by atoms with Gasteiger partial charge in [0.15, 0.2) is 12.2 Å². The minimum absolute atomic E-state index is 0.545. The topological polar surface area (TPSA) is 79.1 Å². The van der Waals surface area contributed by atoms with E-state index in [0.717, 1.165) is 20.9 Å². The van der Waals surface area contributed by atoms with Gasteiger partial charge in [-0.1, -0.05) is 41.6 Å². The van der Waals surface area contributed by atoms with Gasteiger partial charge in [0.25, 0.3) is 0 Å². The van der Waals surface area contributed by atoms with Crippen molar-refractivity contribution < 1.29 is 19.3 Å². The first-order valence-corrected chi connectivity index (χ1v) is 10.00. The normalized spacial score (nSPS) is 27.5. The first-order chi connectivity index (χ1) is 13.4. The lowest BCUT2D eigenvalue weighted by Crippen LogP contribution is -2.52. The van der Waals surface area contributed by atoms with Crippen LogP contribution >= 0.6 is 22.9 Å². The van der Waals surface area contributed by atoms with Gasteiger partial charge in [-0.25, -0.2) is 4.39 Å². The fraction of sp³-hybridized carbons (Fsp3) is 0.400. The lowest BCUT2D eigenvalue weighted by Gasteiger charge is -2.38. The molecule has 2 heterocycles. The Balaban J connectivity index is 1.91. The Morgan fingerprint density at radius 2 is 2.18 bits per heavy atom. The maximum Gasteiger partial charge on any atom is 0.157 e. The molecule has 5 unspecified atom stereocenters.